The van der Waals surface area contributed by atoms with Crippen LogP contribution < -0.4 is 5.32 Å². The summed E-state index contributed by atoms with van der Waals surface area (Å²) >= 11 is 0. The summed E-state index contributed by atoms with van der Waals surface area (Å²) in [5.74, 6) is -0.122. The number of H-pyrrole nitrogens is 1. The molecule has 0 radical (unpaired) electrons. The monoisotopic (exact) mass is 364 g/mol. The lowest BCUT2D eigenvalue weighted by molar-refractivity contribution is 0.103. The Morgan fingerprint density at radius 3 is 2.71 bits per heavy atom. The van der Waals surface area contributed by atoms with Gasteiger partial charge in [-0.15, -0.1) is 0 Å². The van der Waals surface area contributed by atoms with Crippen LogP contribution in [0.2, 0.25) is 0 Å². The molecule has 0 atom stereocenters. The zero-order valence-electron chi connectivity index (χ0n) is 14.9. The minimum atomic E-state index is -0.122. The SMILES string of the molecule is O=C(c1ccccc1Nc1ccc2ncccc2c1)c1n[nH]c2ccccc12. The summed E-state index contributed by atoms with van der Waals surface area (Å²) in [6.07, 6.45) is 1.78. The lowest BCUT2D eigenvalue weighted by Gasteiger charge is -2.11. The van der Waals surface area contributed by atoms with Gasteiger partial charge in [0.2, 0.25) is 5.78 Å². The Balaban J connectivity index is 1.54. The number of nitrogens with zero attached hydrogens (tertiary/aromatic N) is 2. The molecule has 2 aromatic heterocycles. The van der Waals surface area contributed by atoms with Gasteiger partial charge in [-0.3, -0.25) is 14.9 Å². The van der Waals surface area contributed by atoms with Crippen molar-refractivity contribution in [2.75, 3.05) is 5.32 Å². The predicted octanol–water partition coefficient (Wildman–Crippen LogP) is 5.09. The molecule has 2 heterocycles. The molecule has 5 aromatic rings. The van der Waals surface area contributed by atoms with E-state index in [1.54, 1.807) is 6.20 Å². The van der Waals surface area contributed by atoms with Crippen molar-refractivity contribution >= 4 is 39.0 Å². The Morgan fingerprint density at radius 1 is 0.893 bits per heavy atom. The van der Waals surface area contributed by atoms with Crippen LogP contribution in [0.1, 0.15) is 16.1 Å². The van der Waals surface area contributed by atoms with Crippen LogP contribution in [0.3, 0.4) is 0 Å². The highest BCUT2D eigenvalue weighted by atomic mass is 16.1. The molecule has 134 valence electrons. The third-order valence-electron chi connectivity index (χ3n) is 4.74. The van der Waals surface area contributed by atoms with E-state index in [1.165, 1.54) is 0 Å². The van der Waals surface area contributed by atoms with Gasteiger partial charge >= 0.3 is 0 Å². The van der Waals surface area contributed by atoms with Crippen molar-refractivity contribution in [3.05, 3.63) is 96.3 Å². The van der Waals surface area contributed by atoms with Crippen LogP contribution in [0.5, 0.6) is 0 Å². The number of aromatic amines is 1. The second-order valence-corrected chi connectivity index (χ2v) is 6.53. The van der Waals surface area contributed by atoms with Crippen molar-refractivity contribution in [1.82, 2.24) is 15.2 Å². The fourth-order valence-corrected chi connectivity index (χ4v) is 3.36. The van der Waals surface area contributed by atoms with Crippen molar-refractivity contribution < 1.29 is 4.79 Å². The number of rotatable bonds is 4. The number of nitrogens with one attached hydrogen (secondary N) is 2. The molecule has 3 aromatic carbocycles. The van der Waals surface area contributed by atoms with Crippen LogP contribution in [-0.2, 0) is 0 Å². The second kappa shape index (κ2) is 6.63. The van der Waals surface area contributed by atoms with E-state index in [4.69, 9.17) is 0 Å². The molecule has 0 aliphatic rings. The molecule has 5 heteroatoms. The van der Waals surface area contributed by atoms with Crippen LogP contribution in [0, 0.1) is 0 Å². The first-order chi connectivity index (χ1) is 13.8. The highest BCUT2D eigenvalue weighted by Crippen LogP contribution is 2.27. The number of benzene rings is 3. The van der Waals surface area contributed by atoms with E-state index in [0.717, 1.165) is 33.2 Å². The molecule has 0 aliphatic heterocycles. The summed E-state index contributed by atoms with van der Waals surface area (Å²) in [5.41, 5.74) is 4.41. The minimum absolute atomic E-state index is 0.122. The quantitative estimate of drug-likeness (QED) is 0.436. The van der Waals surface area contributed by atoms with Gasteiger partial charge in [-0.1, -0.05) is 36.4 Å². The number of fused-ring (bicyclic) bond motifs is 2. The third-order valence-corrected chi connectivity index (χ3v) is 4.74. The van der Waals surface area contributed by atoms with E-state index in [0.29, 0.717) is 11.3 Å². The summed E-state index contributed by atoms with van der Waals surface area (Å²) < 4.78 is 0. The zero-order chi connectivity index (χ0) is 18.9. The van der Waals surface area contributed by atoms with Gasteiger partial charge in [-0.2, -0.15) is 5.10 Å². The molecule has 5 nitrogen and oxygen atoms in total. The van der Waals surface area contributed by atoms with Crippen LogP contribution in [-0.4, -0.2) is 21.0 Å². The Morgan fingerprint density at radius 2 is 1.75 bits per heavy atom. The summed E-state index contributed by atoms with van der Waals surface area (Å²) in [5, 5.41) is 12.4. The lowest BCUT2D eigenvalue weighted by atomic mass is 10.0. The number of carbonyl (C=O) groups is 1. The third kappa shape index (κ3) is 2.79. The van der Waals surface area contributed by atoms with Crippen molar-refractivity contribution in [3.8, 4) is 0 Å². The average Bonchev–Trinajstić information content (AvgIpc) is 3.18. The molecule has 5 rings (SSSR count). The van der Waals surface area contributed by atoms with Crippen LogP contribution in [0.15, 0.2) is 85.1 Å². The number of anilines is 2. The first kappa shape index (κ1) is 16.2. The van der Waals surface area contributed by atoms with Crippen molar-refractivity contribution in [3.63, 3.8) is 0 Å². The molecule has 28 heavy (non-hydrogen) atoms. The van der Waals surface area contributed by atoms with Gasteiger partial charge in [-0.05, 0) is 42.5 Å². The first-order valence-electron chi connectivity index (χ1n) is 8.98. The fraction of sp³-hybridized carbons (Fsp3) is 0. The molecule has 0 fully saturated rings. The maximum atomic E-state index is 13.2. The number of ketones is 1. The minimum Gasteiger partial charge on any atom is -0.355 e. The Hall–Kier alpha value is -3.99. The summed E-state index contributed by atoms with van der Waals surface area (Å²) in [4.78, 5) is 17.6. The summed E-state index contributed by atoms with van der Waals surface area (Å²) in [6, 6.07) is 25.0. The molecule has 0 amide bonds. The molecule has 0 saturated heterocycles. The fourth-order valence-electron chi connectivity index (χ4n) is 3.36. The van der Waals surface area contributed by atoms with E-state index in [-0.39, 0.29) is 5.78 Å². The van der Waals surface area contributed by atoms with Gasteiger partial charge in [-0.25, -0.2) is 0 Å². The Kier molecular flexibility index (Phi) is 3.84. The molecule has 0 bridgehead atoms. The van der Waals surface area contributed by atoms with E-state index in [2.05, 4.69) is 20.5 Å². The molecule has 0 aliphatic carbocycles. The lowest BCUT2D eigenvalue weighted by Crippen LogP contribution is -2.06. The van der Waals surface area contributed by atoms with Gasteiger partial charge in [0.05, 0.1) is 11.0 Å². The Labute approximate surface area is 161 Å². The molecular weight excluding hydrogens is 348 g/mol. The van der Waals surface area contributed by atoms with Gasteiger partial charge in [0.25, 0.3) is 0 Å². The van der Waals surface area contributed by atoms with E-state index >= 15 is 0 Å². The zero-order valence-corrected chi connectivity index (χ0v) is 14.9. The number of pyridine rings is 1. The topological polar surface area (TPSA) is 70.7 Å². The smallest absolute Gasteiger partial charge is 0.215 e. The normalized spacial score (nSPS) is 11.0. The van der Waals surface area contributed by atoms with Crippen LogP contribution >= 0.6 is 0 Å². The standard InChI is InChI=1S/C23H16N4O/c28-23(22-17-7-1-4-10-21(17)26-27-22)18-8-2-3-9-20(18)25-16-11-12-19-15(14-16)6-5-13-24-19/h1-14,25H,(H,26,27). The van der Waals surface area contributed by atoms with Crippen molar-refractivity contribution in [2.24, 2.45) is 0 Å². The van der Waals surface area contributed by atoms with Gasteiger partial charge < -0.3 is 5.32 Å². The summed E-state index contributed by atoms with van der Waals surface area (Å²) in [7, 11) is 0. The number of para-hydroxylation sites is 2. The first-order valence-corrected chi connectivity index (χ1v) is 8.98. The van der Waals surface area contributed by atoms with Crippen molar-refractivity contribution in [1.29, 1.82) is 0 Å². The predicted molar refractivity (Wildman–Crippen MR) is 111 cm³/mol. The van der Waals surface area contributed by atoms with Crippen molar-refractivity contribution in [2.45, 2.75) is 0 Å². The highest BCUT2D eigenvalue weighted by molar-refractivity contribution is 6.17. The molecule has 0 unspecified atom stereocenters. The van der Waals surface area contributed by atoms with Gasteiger partial charge in [0.1, 0.15) is 5.69 Å². The Bertz CT molecular complexity index is 1320. The number of hydrogen-bond acceptors (Lipinski definition) is 4. The molecule has 0 spiro atoms. The van der Waals surface area contributed by atoms with Crippen LogP contribution in [0.4, 0.5) is 11.4 Å². The second-order valence-electron chi connectivity index (χ2n) is 6.53. The molecular formula is C23H16N4O. The van der Waals surface area contributed by atoms with Gasteiger partial charge in [0, 0.05) is 33.9 Å². The molecule has 0 saturated carbocycles. The number of hydrogen-bond donors (Lipinski definition) is 2. The summed E-state index contributed by atoms with van der Waals surface area (Å²) in [6.45, 7) is 0. The largest absolute Gasteiger partial charge is 0.355 e. The number of aromatic nitrogens is 3. The average molecular weight is 364 g/mol. The van der Waals surface area contributed by atoms with E-state index in [1.807, 2.05) is 78.9 Å². The maximum absolute atomic E-state index is 13.2. The highest BCUT2D eigenvalue weighted by Gasteiger charge is 2.19. The van der Waals surface area contributed by atoms with Crippen LogP contribution in [0.25, 0.3) is 21.8 Å². The number of carbonyl (C=O) groups excluding carboxylic acids is 1. The van der Waals surface area contributed by atoms with Gasteiger partial charge in [0.15, 0.2) is 0 Å². The van der Waals surface area contributed by atoms with E-state index in [9.17, 15) is 4.79 Å². The molecule has 2 N–H and O–H groups in total. The maximum Gasteiger partial charge on any atom is 0.215 e. The van der Waals surface area contributed by atoms with E-state index < -0.39 is 0 Å².